The fraction of sp³-hybridized carbons (Fsp3) is 0.429. The van der Waals surface area contributed by atoms with Gasteiger partial charge in [-0.25, -0.2) is 4.98 Å². The lowest BCUT2D eigenvalue weighted by Crippen LogP contribution is -2.33. The number of carbonyl (C=O) groups is 1. The predicted molar refractivity (Wildman–Crippen MR) is 45.2 cm³/mol. The van der Waals surface area contributed by atoms with Crippen LogP contribution in [-0.2, 0) is 0 Å². The third kappa shape index (κ3) is 3.33. The Kier molecular flexibility index (Phi) is 3.10. The van der Waals surface area contributed by atoms with Crippen molar-refractivity contribution in [3.8, 4) is 0 Å². The first-order chi connectivity index (χ1) is 6.38. The van der Waals surface area contributed by atoms with E-state index in [1.54, 1.807) is 12.2 Å². The third-order valence-electron chi connectivity index (χ3n) is 1.30. The van der Waals surface area contributed by atoms with Gasteiger partial charge >= 0.3 is 6.18 Å². The van der Waals surface area contributed by atoms with Crippen LogP contribution in [0.3, 0.4) is 0 Å². The van der Waals surface area contributed by atoms with Crippen molar-refractivity contribution in [3.63, 3.8) is 0 Å². The lowest BCUT2D eigenvalue weighted by Gasteiger charge is -2.06. The van der Waals surface area contributed by atoms with Crippen LogP contribution in [0.4, 0.5) is 13.2 Å². The van der Waals surface area contributed by atoms with Gasteiger partial charge in [-0.2, -0.15) is 13.2 Å². The van der Waals surface area contributed by atoms with Crippen LogP contribution in [0.2, 0.25) is 0 Å². The molecule has 0 aliphatic rings. The maximum Gasteiger partial charge on any atom is 0.405 e. The molecule has 0 fully saturated rings. The van der Waals surface area contributed by atoms with Crippen molar-refractivity contribution in [2.24, 2.45) is 0 Å². The van der Waals surface area contributed by atoms with Gasteiger partial charge in [-0.3, -0.25) is 4.79 Å². The Hall–Kier alpha value is -1.11. The van der Waals surface area contributed by atoms with Crippen LogP contribution in [0.15, 0.2) is 5.38 Å². The highest BCUT2D eigenvalue weighted by Crippen LogP contribution is 2.13. The number of amides is 1. The zero-order valence-corrected chi connectivity index (χ0v) is 8.00. The van der Waals surface area contributed by atoms with Crippen molar-refractivity contribution in [1.82, 2.24) is 10.3 Å². The molecule has 78 valence electrons. The standard InChI is InChI=1S/C7H7F3N2OS/c1-4-12-5(2-14-4)6(13)11-3-7(8,9)10/h2H,3H2,1H3,(H,11,13). The summed E-state index contributed by atoms with van der Waals surface area (Å²) in [6.45, 7) is 0.341. The van der Waals surface area contributed by atoms with Crippen LogP contribution >= 0.6 is 11.3 Å². The Balaban J connectivity index is 2.52. The number of thiazole rings is 1. The van der Waals surface area contributed by atoms with Gasteiger partial charge < -0.3 is 5.32 Å². The molecule has 0 bridgehead atoms. The van der Waals surface area contributed by atoms with Gasteiger partial charge in [-0.1, -0.05) is 0 Å². The SMILES string of the molecule is Cc1nc(C(=O)NCC(F)(F)F)cs1. The molecule has 1 amide bonds. The number of hydrogen-bond donors (Lipinski definition) is 1. The Morgan fingerprint density at radius 1 is 1.64 bits per heavy atom. The number of nitrogens with one attached hydrogen (secondary N) is 1. The zero-order valence-electron chi connectivity index (χ0n) is 7.18. The Labute approximate surface area is 82.0 Å². The van der Waals surface area contributed by atoms with Gasteiger partial charge in [0.15, 0.2) is 0 Å². The number of nitrogens with zero attached hydrogens (tertiary/aromatic N) is 1. The van der Waals surface area contributed by atoms with Crippen molar-refractivity contribution in [2.75, 3.05) is 6.54 Å². The second-order valence-corrected chi connectivity index (χ2v) is 3.61. The molecule has 1 heterocycles. The molecule has 0 aliphatic heterocycles. The third-order valence-corrected chi connectivity index (χ3v) is 2.07. The van der Waals surface area contributed by atoms with E-state index in [0.29, 0.717) is 5.01 Å². The highest BCUT2D eigenvalue weighted by molar-refractivity contribution is 7.09. The second kappa shape index (κ2) is 3.95. The summed E-state index contributed by atoms with van der Waals surface area (Å²) in [5.41, 5.74) is 0.0248. The van der Waals surface area contributed by atoms with Gasteiger partial charge in [0.05, 0.1) is 5.01 Å². The normalized spacial score (nSPS) is 11.4. The van der Waals surface area contributed by atoms with E-state index in [4.69, 9.17) is 0 Å². The predicted octanol–water partition coefficient (Wildman–Crippen LogP) is 1.74. The fourth-order valence-corrected chi connectivity index (χ4v) is 1.33. The molecule has 0 atom stereocenters. The Bertz CT molecular complexity index is 334. The van der Waals surface area contributed by atoms with Gasteiger partial charge in [0.2, 0.25) is 0 Å². The summed E-state index contributed by atoms with van der Waals surface area (Å²) in [6, 6.07) is 0. The number of carbonyl (C=O) groups excluding carboxylic acids is 1. The highest BCUT2D eigenvalue weighted by atomic mass is 32.1. The van der Waals surface area contributed by atoms with E-state index in [1.165, 1.54) is 16.7 Å². The first kappa shape index (κ1) is 11.0. The summed E-state index contributed by atoms with van der Waals surface area (Å²) in [7, 11) is 0. The molecular weight excluding hydrogens is 217 g/mol. The Morgan fingerprint density at radius 2 is 2.29 bits per heavy atom. The number of rotatable bonds is 2. The molecule has 14 heavy (non-hydrogen) atoms. The van der Waals surface area contributed by atoms with Gasteiger partial charge in [-0.05, 0) is 6.92 Å². The van der Waals surface area contributed by atoms with Crippen molar-refractivity contribution < 1.29 is 18.0 Å². The lowest BCUT2D eigenvalue weighted by molar-refractivity contribution is -0.123. The minimum Gasteiger partial charge on any atom is -0.342 e. The fourth-order valence-electron chi connectivity index (χ4n) is 0.739. The minimum absolute atomic E-state index is 0.0248. The number of aromatic nitrogens is 1. The minimum atomic E-state index is -4.39. The van der Waals surface area contributed by atoms with Crippen molar-refractivity contribution >= 4 is 17.2 Å². The van der Waals surface area contributed by atoms with Crippen LogP contribution in [0.5, 0.6) is 0 Å². The lowest BCUT2D eigenvalue weighted by atomic mass is 10.4. The average Bonchev–Trinajstić information content (AvgIpc) is 2.46. The molecule has 0 aromatic carbocycles. The van der Waals surface area contributed by atoms with Crippen molar-refractivity contribution in [1.29, 1.82) is 0 Å². The molecule has 1 rings (SSSR count). The molecule has 0 unspecified atom stereocenters. The first-order valence-corrected chi connectivity index (χ1v) is 4.53. The number of halogens is 3. The molecule has 0 saturated heterocycles. The van der Waals surface area contributed by atoms with Crippen LogP contribution in [0.25, 0.3) is 0 Å². The summed E-state index contributed by atoms with van der Waals surface area (Å²) in [5, 5.41) is 3.79. The maximum atomic E-state index is 11.7. The quantitative estimate of drug-likeness (QED) is 0.831. The van der Waals surface area contributed by atoms with Gasteiger partial charge in [-0.15, -0.1) is 11.3 Å². The van der Waals surface area contributed by atoms with Gasteiger partial charge in [0.25, 0.3) is 5.91 Å². The topological polar surface area (TPSA) is 42.0 Å². The van der Waals surface area contributed by atoms with Crippen LogP contribution in [0, 0.1) is 6.92 Å². The first-order valence-electron chi connectivity index (χ1n) is 3.65. The molecule has 3 nitrogen and oxygen atoms in total. The summed E-state index contributed by atoms with van der Waals surface area (Å²) in [5.74, 6) is -0.799. The molecule has 0 spiro atoms. The summed E-state index contributed by atoms with van der Waals surface area (Å²) in [4.78, 5) is 14.8. The molecular formula is C7H7F3N2OS. The number of alkyl halides is 3. The van der Waals surface area contributed by atoms with E-state index in [2.05, 4.69) is 4.98 Å². The van der Waals surface area contributed by atoms with E-state index in [9.17, 15) is 18.0 Å². The van der Waals surface area contributed by atoms with Crippen LogP contribution in [-0.4, -0.2) is 23.6 Å². The average molecular weight is 224 g/mol. The van der Waals surface area contributed by atoms with E-state index < -0.39 is 18.6 Å². The molecule has 7 heteroatoms. The number of aryl methyl sites for hydroxylation is 1. The smallest absolute Gasteiger partial charge is 0.342 e. The molecule has 0 radical (unpaired) electrons. The summed E-state index contributed by atoms with van der Waals surface area (Å²) in [6.07, 6.45) is -4.39. The van der Waals surface area contributed by atoms with E-state index in [0.717, 1.165) is 0 Å². The molecule has 0 aliphatic carbocycles. The maximum absolute atomic E-state index is 11.7. The highest BCUT2D eigenvalue weighted by Gasteiger charge is 2.28. The molecule has 1 N–H and O–H groups in total. The monoisotopic (exact) mass is 224 g/mol. The molecule has 1 aromatic rings. The van der Waals surface area contributed by atoms with Crippen molar-refractivity contribution in [3.05, 3.63) is 16.1 Å². The summed E-state index contributed by atoms with van der Waals surface area (Å²) < 4.78 is 35.1. The van der Waals surface area contributed by atoms with Gasteiger partial charge in [0.1, 0.15) is 12.2 Å². The Morgan fingerprint density at radius 3 is 2.71 bits per heavy atom. The zero-order chi connectivity index (χ0) is 10.8. The van der Waals surface area contributed by atoms with E-state index in [1.807, 2.05) is 0 Å². The van der Waals surface area contributed by atoms with E-state index >= 15 is 0 Å². The number of hydrogen-bond acceptors (Lipinski definition) is 3. The van der Waals surface area contributed by atoms with Gasteiger partial charge in [0, 0.05) is 5.38 Å². The molecule has 0 saturated carbocycles. The van der Waals surface area contributed by atoms with Crippen LogP contribution in [0.1, 0.15) is 15.5 Å². The molecule has 1 aromatic heterocycles. The van der Waals surface area contributed by atoms with Crippen LogP contribution < -0.4 is 5.32 Å². The second-order valence-electron chi connectivity index (χ2n) is 2.55. The largest absolute Gasteiger partial charge is 0.405 e. The van der Waals surface area contributed by atoms with Crippen molar-refractivity contribution in [2.45, 2.75) is 13.1 Å². The van der Waals surface area contributed by atoms with E-state index in [-0.39, 0.29) is 5.69 Å². The summed E-state index contributed by atoms with van der Waals surface area (Å²) >= 11 is 1.21.